The Balaban J connectivity index is 1.45. The number of aromatic nitrogens is 2. The van der Waals surface area contributed by atoms with Crippen molar-refractivity contribution in [2.24, 2.45) is 0 Å². The normalized spacial score (nSPS) is 18.4. The molecule has 0 unspecified atom stereocenters. The molecule has 0 radical (unpaired) electrons. The van der Waals surface area contributed by atoms with Crippen molar-refractivity contribution in [3.8, 4) is 11.1 Å². The maximum absolute atomic E-state index is 12.8. The van der Waals surface area contributed by atoms with Crippen molar-refractivity contribution in [2.75, 3.05) is 19.6 Å². The quantitative estimate of drug-likeness (QED) is 0.908. The second kappa shape index (κ2) is 7.18. The van der Waals surface area contributed by atoms with Crippen LogP contribution in [0.5, 0.6) is 0 Å². The van der Waals surface area contributed by atoms with E-state index < -0.39 is 0 Å². The van der Waals surface area contributed by atoms with Crippen molar-refractivity contribution >= 4 is 11.8 Å². The number of hydrogen-bond acceptors (Lipinski definition) is 3. The van der Waals surface area contributed by atoms with E-state index in [1.807, 2.05) is 43.0 Å². The van der Waals surface area contributed by atoms with Crippen LogP contribution in [-0.4, -0.2) is 57.5 Å². The molecule has 1 saturated carbocycles. The van der Waals surface area contributed by atoms with Crippen LogP contribution in [0, 0.1) is 13.8 Å². The number of rotatable bonds is 3. The minimum absolute atomic E-state index is 0.0680. The first-order valence-corrected chi connectivity index (χ1v) is 9.75. The van der Waals surface area contributed by atoms with Crippen LogP contribution >= 0.6 is 0 Å². The SMILES string of the molecule is Cc1n[nH]c(C)c1-c1ccc(C(=O)N2CCN(C3CCCC3)C(=O)C2)cc1. The Morgan fingerprint density at radius 3 is 2.41 bits per heavy atom. The number of amides is 2. The number of benzene rings is 1. The van der Waals surface area contributed by atoms with Gasteiger partial charge < -0.3 is 9.80 Å². The highest BCUT2D eigenvalue weighted by atomic mass is 16.2. The third-order valence-electron chi connectivity index (χ3n) is 5.86. The summed E-state index contributed by atoms with van der Waals surface area (Å²) in [6.45, 7) is 5.41. The highest BCUT2D eigenvalue weighted by molar-refractivity contribution is 5.97. The monoisotopic (exact) mass is 366 g/mol. The smallest absolute Gasteiger partial charge is 0.254 e. The minimum Gasteiger partial charge on any atom is -0.336 e. The van der Waals surface area contributed by atoms with E-state index in [0.29, 0.717) is 24.7 Å². The molecule has 27 heavy (non-hydrogen) atoms. The van der Waals surface area contributed by atoms with Crippen LogP contribution in [0.2, 0.25) is 0 Å². The molecule has 142 valence electrons. The summed E-state index contributed by atoms with van der Waals surface area (Å²) < 4.78 is 0. The number of piperazine rings is 1. The molecule has 1 N–H and O–H groups in total. The molecular weight excluding hydrogens is 340 g/mol. The lowest BCUT2D eigenvalue weighted by atomic mass is 10.0. The number of hydrogen-bond donors (Lipinski definition) is 1. The Labute approximate surface area is 159 Å². The zero-order valence-electron chi connectivity index (χ0n) is 16.0. The Morgan fingerprint density at radius 2 is 1.81 bits per heavy atom. The molecule has 1 saturated heterocycles. The molecule has 2 aromatic rings. The molecular formula is C21H26N4O2. The number of aromatic amines is 1. The van der Waals surface area contributed by atoms with E-state index in [4.69, 9.17) is 0 Å². The van der Waals surface area contributed by atoms with E-state index >= 15 is 0 Å². The van der Waals surface area contributed by atoms with Crippen molar-refractivity contribution in [3.63, 3.8) is 0 Å². The average Bonchev–Trinajstić information content (AvgIpc) is 3.31. The summed E-state index contributed by atoms with van der Waals surface area (Å²) >= 11 is 0. The van der Waals surface area contributed by atoms with Gasteiger partial charge in [0.15, 0.2) is 0 Å². The lowest BCUT2D eigenvalue weighted by molar-refractivity contribution is -0.137. The van der Waals surface area contributed by atoms with Crippen molar-refractivity contribution in [2.45, 2.75) is 45.6 Å². The number of nitrogens with one attached hydrogen (secondary N) is 1. The summed E-state index contributed by atoms with van der Waals surface area (Å²) in [6.07, 6.45) is 4.63. The predicted octanol–water partition coefficient (Wildman–Crippen LogP) is 2.92. The van der Waals surface area contributed by atoms with Crippen LogP contribution in [0.15, 0.2) is 24.3 Å². The third-order valence-corrected chi connectivity index (χ3v) is 5.86. The van der Waals surface area contributed by atoms with Gasteiger partial charge in [-0.3, -0.25) is 14.7 Å². The minimum atomic E-state index is -0.0680. The number of carbonyl (C=O) groups excluding carboxylic acids is 2. The molecule has 0 bridgehead atoms. The van der Waals surface area contributed by atoms with Gasteiger partial charge in [0.1, 0.15) is 6.54 Å². The highest BCUT2D eigenvalue weighted by Crippen LogP contribution is 2.27. The number of carbonyl (C=O) groups is 2. The van der Waals surface area contributed by atoms with Gasteiger partial charge in [-0.25, -0.2) is 0 Å². The molecule has 6 nitrogen and oxygen atoms in total. The summed E-state index contributed by atoms with van der Waals surface area (Å²) in [7, 11) is 0. The molecule has 0 atom stereocenters. The Morgan fingerprint density at radius 1 is 1.11 bits per heavy atom. The lowest BCUT2D eigenvalue weighted by Crippen LogP contribution is -2.54. The summed E-state index contributed by atoms with van der Waals surface area (Å²) in [5.41, 5.74) is 4.70. The van der Waals surface area contributed by atoms with Gasteiger partial charge in [0.05, 0.1) is 5.69 Å². The molecule has 0 spiro atoms. The fourth-order valence-electron chi connectivity index (χ4n) is 4.40. The second-order valence-electron chi connectivity index (χ2n) is 7.64. The van der Waals surface area contributed by atoms with E-state index in [-0.39, 0.29) is 18.4 Å². The largest absolute Gasteiger partial charge is 0.336 e. The van der Waals surface area contributed by atoms with Gasteiger partial charge in [-0.2, -0.15) is 5.10 Å². The molecule has 2 heterocycles. The fraction of sp³-hybridized carbons (Fsp3) is 0.476. The zero-order valence-corrected chi connectivity index (χ0v) is 16.0. The zero-order chi connectivity index (χ0) is 19.0. The Hall–Kier alpha value is -2.63. The van der Waals surface area contributed by atoms with Gasteiger partial charge >= 0.3 is 0 Å². The average molecular weight is 366 g/mol. The van der Waals surface area contributed by atoms with Crippen LogP contribution in [-0.2, 0) is 4.79 Å². The van der Waals surface area contributed by atoms with Crippen molar-refractivity contribution in [1.82, 2.24) is 20.0 Å². The Kier molecular flexibility index (Phi) is 4.72. The van der Waals surface area contributed by atoms with Crippen molar-refractivity contribution < 1.29 is 9.59 Å². The summed E-state index contributed by atoms with van der Waals surface area (Å²) in [5.74, 6) is 0.0179. The van der Waals surface area contributed by atoms with Crippen molar-refractivity contribution in [1.29, 1.82) is 0 Å². The summed E-state index contributed by atoms with van der Waals surface area (Å²) in [6, 6.07) is 7.98. The molecule has 1 aromatic carbocycles. The third kappa shape index (κ3) is 3.36. The fourth-order valence-corrected chi connectivity index (χ4v) is 4.40. The maximum Gasteiger partial charge on any atom is 0.254 e. The van der Waals surface area contributed by atoms with E-state index in [0.717, 1.165) is 35.4 Å². The molecule has 4 rings (SSSR count). The standard InChI is InChI=1S/C21H26N4O2/c1-14-20(15(2)23-22-14)16-7-9-17(10-8-16)21(27)24-11-12-25(19(26)13-24)18-5-3-4-6-18/h7-10,18H,3-6,11-13H2,1-2H3,(H,22,23). The highest BCUT2D eigenvalue weighted by Gasteiger charge is 2.33. The lowest BCUT2D eigenvalue weighted by Gasteiger charge is -2.37. The van der Waals surface area contributed by atoms with E-state index in [2.05, 4.69) is 10.2 Å². The van der Waals surface area contributed by atoms with Crippen molar-refractivity contribution in [3.05, 3.63) is 41.2 Å². The predicted molar refractivity (Wildman–Crippen MR) is 103 cm³/mol. The topological polar surface area (TPSA) is 69.3 Å². The first-order valence-electron chi connectivity index (χ1n) is 9.75. The maximum atomic E-state index is 12.8. The Bertz CT molecular complexity index is 830. The number of aryl methyl sites for hydroxylation is 2. The molecule has 1 aliphatic carbocycles. The summed E-state index contributed by atoms with van der Waals surface area (Å²) in [5, 5.41) is 7.22. The van der Waals surface area contributed by atoms with Crippen LogP contribution in [0.25, 0.3) is 11.1 Å². The van der Waals surface area contributed by atoms with Gasteiger partial charge in [0.2, 0.25) is 5.91 Å². The molecule has 2 amide bonds. The molecule has 1 aliphatic heterocycles. The van der Waals surface area contributed by atoms with E-state index in [1.165, 1.54) is 12.8 Å². The van der Waals surface area contributed by atoms with Gasteiger partial charge in [-0.1, -0.05) is 25.0 Å². The first kappa shape index (κ1) is 17.8. The second-order valence-corrected chi connectivity index (χ2v) is 7.64. The number of nitrogens with zero attached hydrogens (tertiary/aromatic N) is 3. The van der Waals surface area contributed by atoms with Gasteiger partial charge in [0, 0.05) is 36.0 Å². The van der Waals surface area contributed by atoms with Crippen LogP contribution in [0.4, 0.5) is 0 Å². The van der Waals surface area contributed by atoms with Crippen LogP contribution in [0.1, 0.15) is 47.4 Å². The van der Waals surface area contributed by atoms with Gasteiger partial charge in [0.25, 0.3) is 5.91 Å². The number of H-pyrrole nitrogens is 1. The first-order chi connectivity index (χ1) is 13.0. The molecule has 2 fully saturated rings. The molecule has 1 aromatic heterocycles. The summed E-state index contributed by atoms with van der Waals surface area (Å²) in [4.78, 5) is 29.0. The molecule has 6 heteroatoms. The van der Waals surface area contributed by atoms with E-state index in [9.17, 15) is 9.59 Å². The van der Waals surface area contributed by atoms with Crippen LogP contribution in [0.3, 0.4) is 0 Å². The van der Waals surface area contributed by atoms with Gasteiger partial charge in [-0.05, 0) is 44.4 Å². The van der Waals surface area contributed by atoms with Crippen LogP contribution < -0.4 is 0 Å². The molecule has 2 aliphatic rings. The van der Waals surface area contributed by atoms with Gasteiger partial charge in [-0.15, -0.1) is 0 Å². The van der Waals surface area contributed by atoms with E-state index in [1.54, 1.807) is 4.90 Å².